The van der Waals surface area contributed by atoms with Crippen molar-refractivity contribution < 1.29 is 4.39 Å². The van der Waals surface area contributed by atoms with Crippen molar-refractivity contribution >= 4 is 0 Å². The Kier molecular flexibility index (Phi) is 4.12. The summed E-state index contributed by atoms with van der Waals surface area (Å²) < 4.78 is 13.2. The molecular formula is C19H25FN2. The Morgan fingerprint density at radius 1 is 0.818 bits per heavy atom. The smallest absolute Gasteiger partial charge is 0.123 e. The van der Waals surface area contributed by atoms with Gasteiger partial charge in [0.2, 0.25) is 0 Å². The molecule has 2 aromatic rings. The summed E-state index contributed by atoms with van der Waals surface area (Å²) in [6, 6.07) is 6.45. The van der Waals surface area contributed by atoms with Crippen molar-refractivity contribution in [1.29, 1.82) is 0 Å². The lowest BCUT2D eigenvalue weighted by atomic mass is 9.76. The normalized spacial score (nSPS) is 12.5. The van der Waals surface area contributed by atoms with E-state index in [0.29, 0.717) is 0 Å². The first-order chi connectivity index (χ1) is 10.0. The lowest BCUT2D eigenvalue weighted by Gasteiger charge is -2.30. The average Bonchev–Trinajstić information content (AvgIpc) is 2.37. The highest BCUT2D eigenvalue weighted by molar-refractivity contribution is 5.65. The summed E-state index contributed by atoms with van der Waals surface area (Å²) in [5.74, 6) is -0.239. The summed E-state index contributed by atoms with van der Waals surface area (Å²) in [4.78, 5) is 0. The van der Waals surface area contributed by atoms with Crippen molar-refractivity contribution in [3.63, 3.8) is 0 Å². The summed E-state index contributed by atoms with van der Waals surface area (Å²) in [5, 5.41) is 8.98. The van der Waals surface area contributed by atoms with Crippen molar-refractivity contribution in [2.24, 2.45) is 0 Å². The summed E-state index contributed by atoms with van der Waals surface area (Å²) in [7, 11) is 0. The third kappa shape index (κ3) is 3.18. The maximum absolute atomic E-state index is 13.2. The van der Waals surface area contributed by atoms with Crippen LogP contribution in [0.3, 0.4) is 0 Å². The second-order valence-corrected chi connectivity index (χ2v) is 7.90. The number of halogens is 1. The van der Waals surface area contributed by atoms with Crippen LogP contribution in [0.4, 0.5) is 4.39 Å². The van der Waals surface area contributed by atoms with Crippen LogP contribution in [0.15, 0.2) is 24.3 Å². The quantitative estimate of drug-likeness (QED) is 0.724. The van der Waals surface area contributed by atoms with Gasteiger partial charge in [-0.1, -0.05) is 41.5 Å². The third-order valence-corrected chi connectivity index (χ3v) is 3.80. The highest BCUT2D eigenvalue weighted by atomic mass is 19.1. The van der Waals surface area contributed by atoms with E-state index in [4.69, 9.17) is 0 Å². The molecular weight excluding hydrogens is 275 g/mol. The Morgan fingerprint density at radius 2 is 1.36 bits per heavy atom. The van der Waals surface area contributed by atoms with Crippen LogP contribution in [0, 0.1) is 12.7 Å². The van der Waals surface area contributed by atoms with Crippen molar-refractivity contribution in [3.05, 3.63) is 46.9 Å². The average molecular weight is 300 g/mol. The molecule has 0 saturated carbocycles. The molecule has 0 N–H and O–H groups in total. The second kappa shape index (κ2) is 5.45. The van der Waals surface area contributed by atoms with E-state index in [-0.39, 0.29) is 16.6 Å². The maximum Gasteiger partial charge on any atom is 0.123 e. The van der Waals surface area contributed by atoms with E-state index in [2.05, 4.69) is 58.7 Å². The zero-order valence-electron chi connectivity index (χ0n) is 14.6. The monoisotopic (exact) mass is 300 g/mol. The van der Waals surface area contributed by atoms with E-state index >= 15 is 0 Å². The summed E-state index contributed by atoms with van der Waals surface area (Å²) in [6.07, 6.45) is 0. The first-order valence-corrected chi connectivity index (χ1v) is 7.66. The minimum absolute atomic E-state index is 0.0303. The first kappa shape index (κ1) is 16.6. The van der Waals surface area contributed by atoms with Gasteiger partial charge in [-0.15, -0.1) is 5.10 Å². The van der Waals surface area contributed by atoms with Crippen molar-refractivity contribution in [2.75, 3.05) is 0 Å². The fraction of sp³-hybridized carbons (Fsp3) is 0.474. The van der Waals surface area contributed by atoms with Crippen LogP contribution < -0.4 is 0 Å². The highest BCUT2D eigenvalue weighted by Gasteiger charge is 2.30. The molecule has 2 nitrogen and oxygen atoms in total. The maximum atomic E-state index is 13.2. The van der Waals surface area contributed by atoms with E-state index < -0.39 is 0 Å². The molecule has 1 aromatic heterocycles. The SMILES string of the molecule is Cc1c(-c2ccc(F)cc2)nnc(C(C)(C)C)c1C(C)(C)C. The lowest BCUT2D eigenvalue weighted by molar-refractivity contribution is 0.503. The van der Waals surface area contributed by atoms with Crippen molar-refractivity contribution in [2.45, 2.75) is 59.3 Å². The molecule has 0 aliphatic rings. The molecule has 0 fully saturated rings. The van der Waals surface area contributed by atoms with E-state index in [1.165, 1.54) is 17.7 Å². The van der Waals surface area contributed by atoms with Crippen molar-refractivity contribution in [3.8, 4) is 11.3 Å². The number of rotatable bonds is 1. The molecule has 0 bridgehead atoms. The van der Waals surface area contributed by atoms with Crippen LogP contribution in [-0.2, 0) is 10.8 Å². The molecule has 1 aromatic carbocycles. The van der Waals surface area contributed by atoms with Gasteiger partial charge in [0.25, 0.3) is 0 Å². The number of benzene rings is 1. The molecule has 3 heteroatoms. The number of hydrogen-bond acceptors (Lipinski definition) is 2. The van der Waals surface area contributed by atoms with E-state index in [0.717, 1.165) is 22.5 Å². The number of aromatic nitrogens is 2. The molecule has 0 aliphatic carbocycles. The Bertz CT molecular complexity index is 674. The predicted molar refractivity (Wildman–Crippen MR) is 89.6 cm³/mol. The Hall–Kier alpha value is -1.77. The fourth-order valence-electron chi connectivity index (χ4n) is 2.85. The van der Waals surface area contributed by atoms with Crippen LogP contribution in [-0.4, -0.2) is 10.2 Å². The minimum atomic E-state index is -0.239. The molecule has 1 heterocycles. The molecule has 0 unspecified atom stereocenters. The first-order valence-electron chi connectivity index (χ1n) is 7.66. The van der Waals surface area contributed by atoms with Gasteiger partial charge < -0.3 is 0 Å². The van der Waals surface area contributed by atoms with E-state index in [1.807, 2.05) is 0 Å². The zero-order valence-corrected chi connectivity index (χ0v) is 14.6. The van der Waals surface area contributed by atoms with Gasteiger partial charge in [0, 0.05) is 11.0 Å². The second-order valence-electron chi connectivity index (χ2n) is 7.90. The largest absolute Gasteiger partial charge is 0.207 e. The molecule has 0 atom stereocenters. The highest BCUT2D eigenvalue weighted by Crippen LogP contribution is 2.37. The predicted octanol–water partition coefficient (Wildman–Crippen LogP) is 5.19. The number of hydrogen-bond donors (Lipinski definition) is 0. The van der Waals surface area contributed by atoms with Gasteiger partial charge in [-0.05, 0) is 47.7 Å². The van der Waals surface area contributed by atoms with Gasteiger partial charge in [0.15, 0.2) is 0 Å². The van der Waals surface area contributed by atoms with E-state index in [1.54, 1.807) is 12.1 Å². The molecule has 118 valence electrons. The Labute approximate surface area is 132 Å². The van der Waals surface area contributed by atoms with Gasteiger partial charge in [-0.2, -0.15) is 5.10 Å². The van der Waals surface area contributed by atoms with Crippen LogP contribution in [0.5, 0.6) is 0 Å². The number of nitrogens with zero attached hydrogens (tertiary/aromatic N) is 2. The van der Waals surface area contributed by atoms with Crippen LogP contribution in [0.2, 0.25) is 0 Å². The molecule has 22 heavy (non-hydrogen) atoms. The topological polar surface area (TPSA) is 25.8 Å². The van der Waals surface area contributed by atoms with Crippen LogP contribution in [0.25, 0.3) is 11.3 Å². The van der Waals surface area contributed by atoms with Crippen LogP contribution >= 0.6 is 0 Å². The molecule has 0 amide bonds. The minimum Gasteiger partial charge on any atom is -0.207 e. The standard InChI is InChI=1S/C19H25FN2/c1-12-15(18(2,3)4)17(19(5,6)7)22-21-16(12)13-8-10-14(20)11-9-13/h8-11H,1-7H3. The molecule has 0 saturated heterocycles. The molecule has 0 aliphatic heterocycles. The summed E-state index contributed by atoms with van der Waals surface area (Å²) in [5.41, 5.74) is 5.02. The van der Waals surface area contributed by atoms with Gasteiger partial charge in [0.05, 0.1) is 11.4 Å². The third-order valence-electron chi connectivity index (χ3n) is 3.80. The molecule has 2 rings (SSSR count). The summed E-state index contributed by atoms with van der Waals surface area (Å²) >= 11 is 0. The van der Waals surface area contributed by atoms with Gasteiger partial charge in [0.1, 0.15) is 5.82 Å². The lowest BCUT2D eigenvalue weighted by Crippen LogP contribution is -2.26. The molecule has 0 spiro atoms. The van der Waals surface area contributed by atoms with Crippen LogP contribution in [0.1, 0.15) is 58.4 Å². The molecule has 0 radical (unpaired) electrons. The van der Waals surface area contributed by atoms with E-state index in [9.17, 15) is 4.39 Å². The van der Waals surface area contributed by atoms with Crippen molar-refractivity contribution in [1.82, 2.24) is 10.2 Å². The summed E-state index contributed by atoms with van der Waals surface area (Å²) in [6.45, 7) is 15.1. The van der Waals surface area contributed by atoms with Gasteiger partial charge in [-0.3, -0.25) is 0 Å². The zero-order chi connectivity index (χ0) is 16.7. The van der Waals surface area contributed by atoms with Gasteiger partial charge >= 0.3 is 0 Å². The van der Waals surface area contributed by atoms with Gasteiger partial charge in [-0.25, -0.2) is 4.39 Å². The Morgan fingerprint density at radius 3 is 1.82 bits per heavy atom. The Balaban J connectivity index is 2.73. The fourth-order valence-corrected chi connectivity index (χ4v) is 2.85.